The second-order valence-electron chi connectivity index (χ2n) is 23.6. The van der Waals surface area contributed by atoms with Crippen molar-refractivity contribution in [1.29, 1.82) is 0 Å². The minimum atomic E-state index is -1.27. The molecule has 430 valence electrons. The predicted molar refractivity (Wildman–Crippen MR) is 343 cm³/mol. The number of aliphatic hydroxyl groups is 2. The van der Waals surface area contributed by atoms with Gasteiger partial charge >= 0.3 is 11.9 Å². The van der Waals surface area contributed by atoms with E-state index >= 15 is 0 Å². The van der Waals surface area contributed by atoms with Gasteiger partial charge in [0.25, 0.3) is 0 Å². The molecule has 2 fully saturated rings. The van der Waals surface area contributed by atoms with E-state index in [9.17, 15) is 34.2 Å². The van der Waals surface area contributed by atoms with Crippen molar-refractivity contribution in [3.05, 3.63) is 224 Å². The van der Waals surface area contributed by atoms with Gasteiger partial charge in [-0.1, -0.05) is 157 Å². The van der Waals surface area contributed by atoms with Crippen LogP contribution in [0.15, 0.2) is 158 Å². The van der Waals surface area contributed by atoms with Crippen molar-refractivity contribution in [2.24, 2.45) is 10.8 Å². The maximum absolute atomic E-state index is 14.0. The zero-order valence-electron chi connectivity index (χ0n) is 47.4. The highest BCUT2D eigenvalue weighted by molar-refractivity contribution is 7.99. The predicted octanol–water partition coefficient (Wildman–Crippen LogP) is 16.9. The van der Waals surface area contributed by atoms with Crippen molar-refractivity contribution in [2.75, 3.05) is 11.5 Å². The monoisotopic (exact) mass is 1190 g/mol. The number of carbonyl (C=O) groups is 2. The number of aliphatic carboxylic acids is 2. The summed E-state index contributed by atoms with van der Waals surface area (Å²) in [6.45, 7) is 7.21. The van der Waals surface area contributed by atoms with Crippen LogP contribution in [0.5, 0.6) is 0 Å². The Kier molecular flexibility index (Phi) is 19.6. The summed E-state index contributed by atoms with van der Waals surface area (Å²) in [6.07, 6.45) is 14.9. The molecule has 0 amide bonds. The van der Waals surface area contributed by atoms with Crippen LogP contribution in [-0.4, -0.2) is 58.0 Å². The van der Waals surface area contributed by atoms with Gasteiger partial charge < -0.3 is 20.4 Å². The van der Waals surface area contributed by atoms with Crippen molar-refractivity contribution in [3.8, 4) is 0 Å². The van der Waals surface area contributed by atoms with Crippen LogP contribution in [0.2, 0.25) is 10.0 Å². The Balaban J connectivity index is 0.000000200. The van der Waals surface area contributed by atoms with Gasteiger partial charge in [0.05, 0.1) is 51.7 Å². The molecule has 2 unspecified atom stereocenters. The standard InChI is InChI=1S/C35H36ClNO4S.C35H36ClNO3S/c1-34(2,40)30-9-4-3-7-25(30)13-17-32(42(41)23-35(18-19-35)22-33(38)39)27-8-5-6-24(20-27)10-15-29-16-12-26-11-14-28(36)21-31(26)37-29;1-34(2,40)30-9-4-3-7-25(30)13-17-32(41-23-35(18-19-35)22-33(38)39)27-8-5-6-24(20-27)10-15-29-16-12-26-11-14-28(36)21-31(26)37-29/h3-12,14-16,20-21,32,40H,13,17-19,22-23H2,1-2H3,(H,38,39);3-12,14-16,20-21,32,40H,13,17-19,22-23H2,1-2H3,(H,38,39)/b15-10+;15-10-/t;32-/m.1/s1. The van der Waals surface area contributed by atoms with E-state index < -0.39 is 33.9 Å². The molecule has 2 aliphatic carbocycles. The Hall–Kier alpha value is -6.44. The number of halogens is 2. The fourth-order valence-corrected chi connectivity index (χ4v) is 14.9. The molecular weight excluding hydrogens is 1120 g/mol. The highest BCUT2D eigenvalue weighted by Gasteiger charge is 2.47. The molecule has 0 bridgehead atoms. The van der Waals surface area contributed by atoms with E-state index in [4.69, 9.17) is 33.2 Å². The molecule has 0 spiro atoms. The molecule has 4 N–H and O–H groups in total. The van der Waals surface area contributed by atoms with Gasteiger partial charge in [-0.3, -0.25) is 13.8 Å². The van der Waals surface area contributed by atoms with E-state index in [1.165, 1.54) is 5.56 Å². The third kappa shape index (κ3) is 17.1. The van der Waals surface area contributed by atoms with Crippen LogP contribution in [-0.2, 0) is 44.4 Å². The van der Waals surface area contributed by atoms with Gasteiger partial charge in [0.15, 0.2) is 0 Å². The Morgan fingerprint density at radius 3 is 1.53 bits per heavy atom. The Bertz CT molecular complexity index is 3710. The number of aryl methyl sites for hydroxylation is 2. The number of thioether (sulfide) groups is 1. The van der Waals surface area contributed by atoms with Gasteiger partial charge in [0, 0.05) is 48.4 Å². The molecule has 83 heavy (non-hydrogen) atoms. The molecule has 9 nitrogen and oxygen atoms in total. The first-order valence-corrected chi connectivity index (χ1v) is 31.5. The minimum absolute atomic E-state index is 0.0553. The van der Waals surface area contributed by atoms with E-state index in [1.807, 2.05) is 159 Å². The van der Waals surface area contributed by atoms with Crippen molar-refractivity contribution in [3.63, 3.8) is 0 Å². The van der Waals surface area contributed by atoms with E-state index in [1.54, 1.807) is 13.8 Å². The van der Waals surface area contributed by atoms with Crippen LogP contribution < -0.4 is 0 Å². The highest BCUT2D eigenvalue weighted by atomic mass is 35.5. The Morgan fingerprint density at radius 1 is 0.578 bits per heavy atom. The van der Waals surface area contributed by atoms with Gasteiger partial charge in [-0.2, -0.15) is 11.8 Å². The maximum Gasteiger partial charge on any atom is 0.303 e. The number of nitrogens with zero attached hydrogens (tertiary/aromatic N) is 2. The average molecular weight is 1190 g/mol. The molecule has 13 heteroatoms. The number of aromatic nitrogens is 2. The average Bonchev–Trinajstić information content (AvgIpc) is 4.59. The highest BCUT2D eigenvalue weighted by Crippen LogP contribution is 2.54. The molecule has 2 aliphatic rings. The number of rotatable bonds is 24. The lowest BCUT2D eigenvalue weighted by atomic mass is 9.90. The zero-order chi connectivity index (χ0) is 58.9. The van der Waals surface area contributed by atoms with Crippen LogP contribution in [0, 0.1) is 10.8 Å². The summed E-state index contributed by atoms with van der Waals surface area (Å²) in [5.74, 6) is -0.339. The third-order valence-corrected chi connectivity index (χ3v) is 20.0. The largest absolute Gasteiger partial charge is 0.481 e. The third-order valence-electron chi connectivity index (χ3n) is 15.8. The van der Waals surface area contributed by atoms with Gasteiger partial charge in [-0.05, 0) is 183 Å². The van der Waals surface area contributed by atoms with Crippen LogP contribution in [0.3, 0.4) is 0 Å². The molecule has 0 saturated heterocycles. The smallest absolute Gasteiger partial charge is 0.303 e. The Labute approximate surface area is 504 Å². The van der Waals surface area contributed by atoms with E-state index in [0.29, 0.717) is 28.6 Å². The van der Waals surface area contributed by atoms with Crippen molar-refractivity contribution < 1.29 is 34.2 Å². The summed E-state index contributed by atoms with van der Waals surface area (Å²) in [7, 11) is -1.27. The topological polar surface area (TPSA) is 158 Å². The van der Waals surface area contributed by atoms with Gasteiger partial charge in [0.1, 0.15) is 0 Å². The first kappa shape index (κ1) is 61.1. The quantitative estimate of drug-likeness (QED) is 0.0459. The summed E-state index contributed by atoms with van der Waals surface area (Å²) < 4.78 is 14.0. The molecule has 0 radical (unpaired) electrons. The van der Waals surface area contributed by atoms with Crippen molar-refractivity contribution in [1.82, 2.24) is 9.97 Å². The lowest BCUT2D eigenvalue weighted by Gasteiger charge is -2.24. The van der Waals surface area contributed by atoms with Crippen LogP contribution >= 0.6 is 35.0 Å². The zero-order valence-corrected chi connectivity index (χ0v) is 50.6. The molecule has 2 saturated carbocycles. The molecule has 6 aromatic carbocycles. The number of benzene rings is 6. The van der Waals surface area contributed by atoms with Crippen LogP contribution in [0.25, 0.3) is 46.1 Å². The summed E-state index contributed by atoms with van der Waals surface area (Å²) in [5, 5.41) is 43.7. The number of pyridine rings is 2. The summed E-state index contributed by atoms with van der Waals surface area (Å²) in [4.78, 5) is 32.4. The number of carboxylic acid groups (broad SMARTS) is 2. The normalized spacial score (nSPS) is 15.7. The fraction of sp³-hybridized carbons (Fsp3) is 0.314. The molecular formula is C70H72Cl2N2O7S2. The molecule has 10 rings (SSSR count). The summed E-state index contributed by atoms with van der Waals surface area (Å²) in [6, 6.07) is 52.0. The van der Waals surface area contributed by atoms with Gasteiger partial charge in [0.2, 0.25) is 0 Å². The molecule has 3 atom stereocenters. The van der Waals surface area contributed by atoms with Crippen molar-refractivity contribution in [2.45, 2.75) is 114 Å². The second-order valence-corrected chi connectivity index (χ2v) is 27.3. The lowest BCUT2D eigenvalue weighted by Crippen LogP contribution is -2.22. The fourth-order valence-electron chi connectivity index (χ4n) is 10.9. The number of fused-ring (bicyclic) bond motifs is 2. The second kappa shape index (κ2) is 26.6. The molecule has 2 aromatic heterocycles. The number of carboxylic acids is 2. The number of hydrogen-bond acceptors (Lipinski definition) is 8. The Morgan fingerprint density at radius 2 is 1.04 bits per heavy atom. The lowest BCUT2D eigenvalue weighted by molar-refractivity contribution is -0.139. The summed E-state index contributed by atoms with van der Waals surface area (Å²) >= 11 is 14.2. The summed E-state index contributed by atoms with van der Waals surface area (Å²) in [5.41, 5.74) is 9.24. The minimum Gasteiger partial charge on any atom is -0.481 e. The van der Waals surface area contributed by atoms with E-state index in [2.05, 4.69) is 48.5 Å². The van der Waals surface area contributed by atoms with E-state index in [0.717, 1.165) is 116 Å². The van der Waals surface area contributed by atoms with Gasteiger partial charge in [-0.15, -0.1) is 0 Å². The van der Waals surface area contributed by atoms with Crippen LogP contribution in [0.4, 0.5) is 0 Å². The first-order chi connectivity index (χ1) is 39.6. The SMILES string of the molecule is CC(C)(O)c1ccccc1CCC(c1cccc(/C=C/c2ccc3ccc(Cl)cc3n2)c1)S(=O)CC1(CC(=O)O)CC1.CC(C)(O)c1ccccc1CC[C@@H](SCC1(CC(=O)O)CC1)c1cccc(/C=C\c2ccc3ccc(Cl)cc3n2)c1. The molecule has 2 heterocycles. The first-order valence-electron chi connectivity index (χ1n) is 28.3. The molecule has 8 aromatic rings. The molecule has 0 aliphatic heterocycles. The van der Waals surface area contributed by atoms with Gasteiger partial charge in [-0.25, -0.2) is 9.97 Å². The van der Waals surface area contributed by atoms with E-state index in [-0.39, 0.29) is 34.2 Å². The maximum atomic E-state index is 14.0. The van der Waals surface area contributed by atoms with Crippen LogP contribution in [0.1, 0.15) is 145 Å². The van der Waals surface area contributed by atoms with Crippen molar-refractivity contribution >= 4 is 104 Å². The number of hydrogen-bond donors (Lipinski definition) is 4.